The molecule has 1 fully saturated rings. The Hall–Kier alpha value is -1.36. The number of ether oxygens (including phenoxy) is 1. The van der Waals surface area contributed by atoms with Crippen LogP contribution in [0.15, 0.2) is 6.20 Å². The van der Waals surface area contributed by atoms with Crippen LogP contribution in [-0.4, -0.2) is 29.1 Å². The van der Waals surface area contributed by atoms with Crippen LogP contribution < -0.4 is 5.32 Å². The monoisotopic (exact) mass is 293 g/mol. The maximum absolute atomic E-state index is 12.0. The van der Waals surface area contributed by atoms with Crippen molar-refractivity contribution in [1.82, 2.24) is 14.9 Å². The lowest BCUT2D eigenvalue weighted by Crippen LogP contribution is -2.29. The maximum Gasteiger partial charge on any atom is 0.220 e. The number of nitrogens with one attached hydrogen (secondary N) is 1. The fourth-order valence-corrected chi connectivity index (χ4v) is 3.09. The molecule has 1 aliphatic carbocycles. The zero-order valence-electron chi connectivity index (χ0n) is 13.2. The summed E-state index contributed by atoms with van der Waals surface area (Å²) in [6.45, 7) is 3.93. The van der Waals surface area contributed by atoms with Crippen LogP contribution in [0.3, 0.4) is 0 Å². The Labute approximate surface area is 127 Å². The van der Waals surface area contributed by atoms with Gasteiger partial charge in [0.2, 0.25) is 5.91 Å². The van der Waals surface area contributed by atoms with Gasteiger partial charge in [-0.3, -0.25) is 4.79 Å². The predicted molar refractivity (Wildman–Crippen MR) is 81.9 cm³/mol. The Kier molecular flexibility index (Phi) is 6.23. The number of nitrogens with zero attached hydrogens (tertiary/aromatic N) is 2. The van der Waals surface area contributed by atoms with E-state index in [4.69, 9.17) is 4.74 Å². The van der Waals surface area contributed by atoms with E-state index in [0.717, 1.165) is 18.1 Å². The summed E-state index contributed by atoms with van der Waals surface area (Å²) in [5.41, 5.74) is 1.10. The van der Waals surface area contributed by atoms with Gasteiger partial charge in [0.05, 0.1) is 0 Å². The molecule has 118 valence electrons. The zero-order chi connectivity index (χ0) is 15.1. The number of carbonyl (C=O) groups excluding carboxylic acids is 1. The lowest BCUT2D eigenvalue weighted by molar-refractivity contribution is -0.122. The van der Waals surface area contributed by atoms with Gasteiger partial charge >= 0.3 is 0 Å². The highest BCUT2D eigenvalue weighted by molar-refractivity contribution is 5.76. The number of hydrogen-bond acceptors (Lipinski definition) is 3. The van der Waals surface area contributed by atoms with Gasteiger partial charge in [0.25, 0.3) is 0 Å². The van der Waals surface area contributed by atoms with Crippen molar-refractivity contribution in [1.29, 1.82) is 0 Å². The van der Waals surface area contributed by atoms with Gasteiger partial charge in [-0.05, 0) is 25.7 Å². The molecule has 0 aromatic carbocycles. The minimum absolute atomic E-state index is 0.188. The van der Waals surface area contributed by atoms with Crippen LogP contribution in [0, 0.1) is 12.8 Å². The Bertz CT molecular complexity index is 450. The van der Waals surface area contributed by atoms with Crippen molar-refractivity contribution in [2.45, 2.75) is 58.6 Å². The first-order valence-corrected chi connectivity index (χ1v) is 7.97. The highest BCUT2D eigenvalue weighted by Crippen LogP contribution is 2.25. The molecule has 0 radical (unpaired) electrons. The summed E-state index contributed by atoms with van der Waals surface area (Å²) in [6, 6.07) is 0. The zero-order valence-corrected chi connectivity index (χ0v) is 13.2. The molecule has 0 spiro atoms. The number of rotatable bonds is 7. The first-order valence-electron chi connectivity index (χ1n) is 7.97. The highest BCUT2D eigenvalue weighted by Gasteiger charge is 2.16. The second kappa shape index (κ2) is 8.17. The minimum atomic E-state index is 0.188. The number of methoxy groups -OCH3 is 1. The third-order valence-corrected chi connectivity index (χ3v) is 4.27. The summed E-state index contributed by atoms with van der Waals surface area (Å²) < 4.78 is 7.24. The molecule has 5 heteroatoms. The third kappa shape index (κ3) is 4.84. The minimum Gasteiger partial charge on any atom is -0.377 e. The topological polar surface area (TPSA) is 56.1 Å². The van der Waals surface area contributed by atoms with Crippen LogP contribution in [-0.2, 0) is 22.7 Å². The van der Waals surface area contributed by atoms with E-state index in [1.54, 1.807) is 7.11 Å². The first kappa shape index (κ1) is 16.0. The van der Waals surface area contributed by atoms with Crippen LogP contribution in [0.1, 0.15) is 50.0 Å². The molecule has 21 heavy (non-hydrogen) atoms. The van der Waals surface area contributed by atoms with Crippen LogP contribution in [0.2, 0.25) is 0 Å². The van der Waals surface area contributed by atoms with Crippen LogP contribution in [0.5, 0.6) is 0 Å². The Morgan fingerprint density at radius 2 is 2.19 bits per heavy atom. The van der Waals surface area contributed by atoms with Gasteiger partial charge in [-0.15, -0.1) is 0 Å². The van der Waals surface area contributed by atoms with Crippen molar-refractivity contribution in [3.63, 3.8) is 0 Å². The summed E-state index contributed by atoms with van der Waals surface area (Å²) in [5, 5.41) is 3.04. The van der Waals surface area contributed by atoms with Crippen molar-refractivity contribution in [2.75, 3.05) is 13.7 Å². The third-order valence-electron chi connectivity index (χ3n) is 4.27. The van der Waals surface area contributed by atoms with Crippen LogP contribution >= 0.6 is 0 Å². The van der Waals surface area contributed by atoms with E-state index in [-0.39, 0.29) is 5.91 Å². The van der Waals surface area contributed by atoms with E-state index in [1.807, 2.05) is 13.1 Å². The molecule has 1 aromatic rings. The fraction of sp³-hybridized carbons (Fsp3) is 0.750. The highest BCUT2D eigenvalue weighted by atomic mass is 16.5. The molecule has 0 atom stereocenters. The van der Waals surface area contributed by atoms with E-state index in [9.17, 15) is 4.79 Å². The number of aryl methyl sites for hydroxylation is 1. The standard InChI is InChI=1S/C16H27N3O2/c1-13-11-18-15(12-21-2)19(13)9-8-17-16(20)10-14-6-4-3-5-7-14/h11,14H,3-10,12H2,1-2H3,(H,17,20). The van der Waals surface area contributed by atoms with Gasteiger partial charge in [0.1, 0.15) is 12.4 Å². The van der Waals surface area contributed by atoms with Crippen LogP contribution in [0.25, 0.3) is 0 Å². The molecule has 0 bridgehead atoms. The quantitative estimate of drug-likeness (QED) is 0.840. The molecule has 1 N–H and O–H groups in total. The van der Waals surface area contributed by atoms with Gasteiger partial charge < -0.3 is 14.6 Å². The van der Waals surface area contributed by atoms with Gasteiger partial charge in [-0.25, -0.2) is 4.98 Å². The smallest absolute Gasteiger partial charge is 0.220 e. The Morgan fingerprint density at radius 1 is 1.43 bits per heavy atom. The Morgan fingerprint density at radius 3 is 2.90 bits per heavy atom. The van der Waals surface area contributed by atoms with E-state index in [2.05, 4.69) is 14.9 Å². The molecule has 1 amide bonds. The van der Waals surface area contributed by atoms with E-state index < -0.39 is 0 Å². The van der Waals surface area contributed by atoms with Crippen molar-refractivity contribution < 1.29 is 9.53 Å². The van der Waals surface area contributed by atoms with Crippen molar-refractivity contribution in [3.05, 3.63) is 17.7 Å². The predicted octanol–water partition coefficient (Wildman–Crippen LogP) is 2.42. The SMILES string of the molecule is COCc1ncc(C)n1CCNC(=O)CC1CCCCC1. The van der Waals surface area contributed by atoms with E-state index in [0.29, 0.717) is 25.5 Å². The van der Waals surface area contributed by atoms with Gasteiger partial charge in [0.15, 0.2) is 0 Å². The molecular formula is C16H27N3O2. The summed E-state index contributed by atoms with van der Waals surface area (Å²) in [7, 11) is 1.67. The second-order valence-corrected chi connectivity index (χ2v) is 5.96. The van der Waals surface area contributed by atoms with Gasteiger partial charge in [-0.2, -0.15) is 0 Å². The van der Waals surface area contributed by atoms with E-state index >= 15 is 0 Å². The largest absolute Gasteiger partial charge is 0.377 e. The number of imidazole rings is 1. The molecular weight excluding hydrogens is 266 g/mol. The maximum atomic E-state index is 12.0. The molecule has 1 heterocycles. The number of aromatic nitrogens is 2. The molecule has 1 saturated carbocycles. The number of amides is 1. The van der Waals surface area contributed by atoms with E-state index in [1.165, 1.54) is 32.1 Å². The summed E-state index contributed by atoms with van der Waals surface area (Å²) in [5.74, 6) is 1.70. The molecule has 1 aliphatic rings. The molecule has 0 aliphatic heterocycles. The fourth-order valence-electron chi connectivity index (χ4n) is 3.09. The Balaban J connectivity index is 1.73. The second-order valence-electron chi connectivity index (χ2n) is 5.96. The molecule has 1 aromatic heterocycles. The molecule has 5 nitrogen and oxygen atoms in total. The van der Waals surface area contributed by atoms with Crippen molar-refractivity contribution >= 4 is 5.91 Å². The normalized spacial score (nSPS) is 16.1. The lowest BCUT2D eigenvalue weighted by Gasteiger charge is -2.21. The van der Waals surface area contributed by atoms with Crippen LogP contribution in [0.4, 0.5) is 0 Å². The van der Waals surface area contributed by atoms with Crippen molar-refractivity contribution in [3.8, 4) is 0 Å². The lowest BCUT2D eigenvalue weighted by atomic mass is 9.87. The summed E-state index contributed by atoms with van der Waals surface area (Å²) >= 11 is 0. The number of hydrogen-bond donors (Lipinski definition) is 1. The summed E-state index contributed by atoms with van der Waals surface area (Å²) in [6.07, 6.45) is 8.86. The molecule has 2 rings (SSSR count). The number of carbonyl (C=O) groups is 1. The average molecular weight is 293 g/mol. The molecule has 0 saturated heterocycles. The average Bonchev–Trinajstić information content (AvgIpc) is 2.82. The van der Waals surface area contributed by atoms with Crippen molar-refractivity contribution in [2.24, 2.45) is 5.92 Å². The van der Waals surface area contributed by atoms with Gasteiger partial charge in [0, 0.05) is 38.5 Å². The van der Waals surface area contributed by atoms with Gasteiger partial charge in [-0.1, -0.05) is 19.3 Å². The first-order chi connectivity index (χ1) is 10.2. The molecule has 0 unspecified atom stereocenters. The summed E-state index contributed by atoms with van der Waals surface area (Å²) in [4.78, 5) is 16.3.